The molecule has 2 aromatic rings. The number of nitro benzene ring substituents is 1. The van der Waals surface area contributed by atoms with Crippen molar-refractivity contribution in [1.82, 2.24) is 5.32 Å². The summed E-state index contributed by atoms with van der Waals surface area (Å²) in [7, 11) is 0. The fourth-order valence-corrected chi connectivity index (χ4v) is 2.50. The molecule has 0 aliphatic carbocycles. The molecule has 1 amide bonds. The molecular weight excluding hydrogens is 328 g/mol. The Labute approximate surface area is 153 Å². The van der Waals surface area contributed by atoms with Gasteiger partial charge in [-0.3, -0.25) is 14.9 Å². The number of benzene rings is 2. The summed E-state index contributed by atoms with van der Waals surface area (Å²) in [6, 6.07) is 14.2. The Bertz CT molecular complexity index is 801. The van der Waals surface area contributed by atoms with Gasteiger partial charge in [0.25, 0.3) is 5.69 Å². The van der Waals surface area contributed by atoms with E-state index in [1.807, 2.05) is 19.1 Å². The van der Waals surface area contributed by atoms with E-state index in [9.17, 15) is 14.9 Å². The molecule has 2 aromatic carbocycles. The van der Waals surface area contributed by atoms with Gasteiger partial charge in [0.15, 0.2) is 0 Å². The lowest BCUT2D eigenvalue weighted by Crippen LogP contribution is -2.24. The van der Waals surface area contributed by atoms with Gasteiger partial charge in [-0.1, -0.05) is 45.0 Å². The second kappa shape index (κ2) is 7.95. The number of amides is 1. The zero-order valence-electron chi connectivity index (χ0n) is 15.5. The van der Waals surface area contributed by atoms with Crippen molar-refractivity contribution in [3.8, 4) is 0 Å². The van der Waals surface area contributed by atoms with Gasteiger partial charge in [-0.25, -0.2) is 0 Å². The highest BCUT2D eigenvalue weighted by Crippen LogP contribution is 2.23. The first kappa shape index (κ1) is 19.4. The Morgan fingerprint density at radius 1 is 1.08 bits per heavy atom. The molecule has 136 valence electrons. The number of nitrogens with one attached hydrogen (secondary N) is 1. The average molecular weight is 352 g/mol. The van der Waals surface area contributed by atoms with Gasteiger partial charge in [-0.2, -0.15) is 0 Å². The van der Waals surface area contributed by atoms with Crippen molar-refractivity contribution < 1.29 is 9.72 Å². The van der Waals surface area contributed by atoms with Crippen molar-refractivity contribution in [1.29, 1.82) is 0 Å². The van der Waals surface area contributed by atoms with Crippen LogP contribution in [-0.2, 0) is 10.2 Å². The van der Waals surface area contributed by atoms with Gasteiger partial charge in [0.05, 0.1) is 11.0 Å². The van der Waals surface area contributed by atoms with E-state index < -0.39 is 4.92 Å². The molecule has 0 radical (unpaired) electrons. The van der Waals surface area contributed by atoms with E-state index in [2.05, 4.69) is 38.2 Å². The average Bonchev–Trinajstić information content (AvgIpc) is 2.59. The van der Waals surface area contributed by atoms with Gasteiger partial charge in [0, 0.05) is 18.2 Å². The van der Waals surface area contributed by atoms with Crippen LogP contribution in [-0.4, -0.2) is 10.8 Å². The first-order chi connectivity index (χ1) is 12.2. The van der Waals surface area contributed by atoms with E-state index in [0.717, 1.165) is 11.1 Å². The number of rotatable bonds is 5. The minimum atomic E-state index is -0.452. The summed E-state index contributed by atoms with van der Waals surface area (Å²) in [6.45, 7) is 8.42. The van der Waals surface area contributed by atoms with Crippen LogP contribution in [0, 0.1) is 10.1 Å². The highest BCUT2D eigenvalue weighted by atomic mass is 16.6. The minimum Gasteiger partial charge on any atom is -0.346 e. The van der Waals surface area contributed by atoms with E-state index in [-0.39, 0.29) is 23.1 Å². The van der Waals surface area contributed by atoms with Gasteiger partial charge in [-0.05, 0) is 47.2 Å². The molecule has 5 nitrogen and oxygen atoms in total. The molecule has 0 saturated carbocycles. The summed E-state index contributed by atoms with van der Waals surface area (Å²) in [5.41, 5.74) is 3.14. The predicted octanol–water partition coefficient (Wildman–Crippen LogP) is 4.78. The smallest absolute Gasteiger partial charge is 0.269 e. The largest absolute Gasteiger partial charge is 0.346 e. The van der Waals surface area contributed by atoms with Gasteiger partial charge < -0.3 is 5.32 Å². The van der Waals surface area contributed by atoms with Crippen molar-refractivity contribution >= 4 is 17.7 Å². The lowest BCUT2D eigenvalue weighted by molar-refractivity contribution is -0.384. The summed E-state index contributed by atoms with van der Waals surface area (Å²) < 4.78 is 0. The number of hydrogen-bond donors (Lipinski definition) is 1. The summed E-state index contributed by atoms with van der Waals surface area (Å²) in [5.74, 6) is -0.212. The maximum Gasteiger partial charge on any atom is 0.269 e. The van der Waals surface area contributed by atoms with Crippen LogP contribution in [0.1, 0.15) is 50.4 Å². The van der Waals surface area contributed by atoms with Gasteiger partial charge in [0.1, 0.15) is 0 Å². The van der Waals surface area contributed by atoms with Crippen LogP contribution in [0.3, 0.4) is 0 Å². The fourth-order valence-electron chi connectivity index (χ4n) is 2.50. The molecule has 26 heavy (non-hydrogen) atoms. The SMILES string of the molecule is C[C@H](NC(=O)/C=C/c1ccc([N+](=O)[O-])cc1)c1ccc(C(C)(C)C)cc1. The summed E-state index contributed by atoms with van der Waals surface area (Å²) >= 11 is 0. The number of nitro groups is 1. The molecule has 0 bridgehead atoms. The molecular formula is C21H24N2O3. The Kier molecular flexibility index (Phi) is 5.93. The Morgan fingerprint density at radius 2 is 1.65 bits per heavy atom. The standard InChI is InChI=1S/C21H24N2O3/c1-15(17-8-10-18(11-9-17)21(2,3)4)22-20(24)14-7-16-5-12-19(13-6-16)23(25)26/h5-15H,1-4H3,(H,22,24)/b14-7+/t15-/m0/s1. The number of carbonyl (C=O) groups is 1. The third-order valence-corrected chi connectivity index (χ3v) is 4.17. The third-order valence-electron chi connectivity index (χ3n) is 4.17. The highest BCUT2D eigenvalue weighted by molar-refractivity contribution is 5.92. The summed E-state index contributed by atoms with van der Waals surface area (Å²) in [5, 5.41) is 13.6. The molecule has 0 spiro atoms. The molecule has 0 aromatic heterocycles. The molecule has 5 heteroatoms. The normalized spacial score (nSPS) is 12.8. The topological polar surface area (TPSA) is 72.2 Å². The number of hydrogen-bond acceptors (Lipinski definition) is 3. The molecule has 2 rings (SSSR count). The second-order valence-corrected chi connectivity index (χ2v) is 7.28. The van der Waals surface area contributed by atoms with Crippen molar-refractivity contribution in [2.45, 2.75) is 39.2 Å². The fraction of sp³-hybridized carbons (Fsp3) is 0.286. The lowest BCUT2D eigenvalue weighted by atomic mass is 9.86. The maximum absolute atomic E-state index is 12.1. The molecule has 1 N–H and O–H groups in total. The van der Waals surface area contributed by atoms with Crippen LogP contribution in [0.15, 0.2) is 54.6 Å². The summed E-state index contributed by atoms with van der Waals surface area (Å²) in [4.78, 5) is 22.3. The van der Waals surface area contributed by atoms with Crippen LogP contribution in [0.2, 0.25) is 0 Å². The predicted molar refractivity (Wildman–Crippen MR) is 104 cm³/mol. The first-order valence-corrected chi connectivity index (χ1v) is 8.50. The molecule has 0 saturated heterocycles. The molecule has 0 aliphatic rings. The monoisotopic (exact) mass is 352 g/mol. The molecule has 0 aliphatic heterocycles. The minimum absolute atomic E-state index is 0.0268. The number of non-ortho nitro benzene ring substituents is 1. The van der Waals surface area contributed by atoms with Crippen molar-refractivity contribution in [3.63, 3.8) is 0 Å². The van der Waals surface area contributed by atoms with E-state index in [0.29, 0.717) is 0 Å². The van der Waals surface area contributed by atoms with Gasteiger partial charge in [-0.15, -0.1) is 0 Å². The van der Waals surface area contributed by atoms with E-state index in [1.54, 1.807) is 18.2 Å². The van der Waals surface area contributed by atoms with Crippen LogP contribution in [0.25, 0.3) is 6.08 Å². The highest BCUT2D eigenvalue weighted by Gasteiger charge is 2.14. The lowest BCUT2D eigenvalue weighted by Gasteiger charge is -2.20. The van der Waals surface area contributed by atoms with Crippen molar-refractivity contribution in [3.05, 3.63) is 81.4 Å². The number of carbonyl (C=O) groups excluding carboxylic acids is 1. The maximum atomic E-state index is 12.1. The Hall–Kier alpha value is -2.95. The van der Waals surface area contributed by atoms with Gasteiger partial charge >= 0.3 is 0 Å². The van der Waals surface area contributed by atoms with Gasteiger partial charge in [0.2, 0.25) is 5.91 Å². The third kappa shape index (κ3) is 5.28. The van der Waals surface area contributed by atoms with Crippen LogP contribution < -0.4 is 5.32 Å². The zero-order chi connectivity index (χ0) is 19.3. The Balaban J connectivity index is 1.97. The molecule has 0 heterocycles. The zero-order valence-corrected chi connectivity index (χ0v) is 15.5. The van der Waals surface area contributed by atoms with E-state index in [1.165, 1.54) is 23.8 Å². The number of nitrogens with zero attached hydrogens (tertiary/aromatic N) is 1. The molecule has 0 fully saturated rings. The molecule has 0 unspecified atom stereocenters. The first-order valence-electron chi connectivity index (χ1n) is 8.50. The van der Waals surface area contributed by atoms with Crippen LogP contribution >= 0.6 is 0 Å². The quantitative estimate of drug-likeness (QED) is 0.478. The molecule has 1 atom stereocenters. The van der Waals surface area contributed by atoms with E-state index >= 15 is 0 Å². The van der Waals surface area contributed by atoms with Crippen LogP contribution in [0.4, 0.5) is 5.69 Å². The van der Waals surface area contributed by atoms with Crippen molar-refractivity contribution in [2.75, 3.05) is 0 Å². The second-order valence-electron chi connectivity index (χ2n) is 7.28. The Morgan fingerprint density at radius 3 is 2.15 bits per heavy atom. The van der Waals surface area contributed by atoms with Crippen molar-refractivity contribution in [2.24, 2.45) is 0 Å². The van der Waals surface area contributed by atoms with E-state index in [4.69, 9.17) is 0 Å². The van der Waals surface area contributed by atoms with Crippen LogP contribution in [0.5, 0.6) is 0 Å². The summed E-state index contributed by atoms with van der Waals surface area (Å²) in [6.07, 6.45) is 3.07.